The van der Waals surface area contributed by atoms with Gasteiger partial charge in [0.1, 0.15) is 5.82 Å². The number of halogens is 6. The third kappa shape index (κ3) is 4.42. The number of hydrogen-bond donors (Lipinski definition) is 0. The summed E-state index contributed by atoms with van der Waals surface area (Å²) in [5, 5.41) is 0.581. The Morgan fingerprint density at radius 2 is 1.63 bits per heavy atom. The van der Waals surface area contributed by atoms with Crippen LogP contribution in [0.5, 0.6) is 0 Å². The predicted molar refractivity (Wildman–Crippen MR) is 98.8 cm³/mol. The van der Waals surface area contributed by atoms with E-state index in [-0.39, 0.29) is 16.7 Å². The van der Waals surface area contributed by atoms with Crippen molar-refractivity contribution < 1.29 is 18.0 Å². The monoisotopic (exact) mass is 437 g/mol. The number of aromatic nitrogens is 1. The second-order valence-corrected chi connectivity index (χ2v) is 7.16. The van der Waals surface area contributed by atoms with Gasteiger partial charge in [0, 0.05) is 37.9 Å². The molecule has 144 valence electrons. The summed E-state index contributed by atoms with van der Waals surface area (Å²) in [6.45, 7) is 1.53. The first kappa shape index (κ1) is 20.0. The second kappa shape index (κ2) is 7.73. The van der Waals surface area contributed by atoms with E-state index in [4.69, 9.17) is 34.8 Å². The van der Waals surface area contributed by atoms with E-state index in [1.54, 1.807) is 21.9 Å². The maximum atomic E-state index is 12.7. The third-order valence-corrected chi connectivity index (χ3v) is 5.20. The molecule has 0 bridgehead atoms. The number of hydrogen-bond acceptors (Lipinski definition) is 3. The quantitative estimate of drug-likeness (QED) is 0.660. The van der Waals surface area contributed by atoms with Gasteiger partial charge in [-0.05, 0) is 24.3 Å². The zero-order chi connectivity index (χ0) is 19.8. The minimum atomic E-state index is -4.50. The summed E-state index contributed by atoms with van der Waals surface area (Å²) in [6, 6.07) is 5.51. The normalized spacial score (nSPS) is 15.2. The van der Waals surface area contributed by atoms with Crippen LogP contribution in [0.4, 0.5) is 19.0 Å². The molecule has 0 radical (unpaired) electrons. The Kier molecular flexibility index (Phi) is 5.74. The number of amides is 1. The SMILES string of the molecule is O=C(c1ccc(Cl)c(Cl)c1)N1CCN(c2ncc(C(F)(F)F)cc2Cl)CC1. The highest BCUT2D eigenvalue weighted by Crippen LogP contribution is 2.33. The van der Waals surface area contributed by atoms with Gasteiger partial charge in [-0.2, -0.15) is 13.2 Å². The first-order valence-electron chi connectivity index (χ1n) is 7.89. The highest BCUT2D eigenvalue weighted by atomic mass is 35.5. The lowest BCUT2D eigenvalue weighted by Crippen LogP contribution is -2.49. The highest BCUT2D eigenvalue weighted by molar-refractivity contribution is 6.42. The van der Waals surface area contributed by atoms with Crippen LogP contribution in [-0.2, 0) is 6.18 Å². The number of benzene rings is 1. The average molecular weight is 439 g/mol. The van der Waals surface area contributed by atoms with Crippen LogP contribution in [0.1, 0.15) is 15.9 Å². The Bertz CT molecular complexity index is 868. The fourth-order valence-electron chi connectivity index (χ4n) is 2.75. The molecule has 2 aromatic rings. The van der Waals surface area contributed by atoms with E-state index in [1.165, 1.54) is 6.07 Å². The molecule has 1 saturated heterocycles. The van der Waals surface area contributed by atoms with Crippen molar-refractivity contribution in [3.05, 3.63) is 56.7 Å². The Hall–Kier alpha value is -1.70. The van der Waals surface area contributed by atoms with Crippen molar-refractivity contribution >= 4 is 46.5 Å². The molecule has 0 N–H and O–H groups in total. The van der Waals surface area contributed by atoms with E-state index >= 15 is 0 Å². The number of anilines is 1. The van der Waals surface area contributed by atoms with Crippen molar-refractivity contribution in [2.45, 2.75) is 6.18 Å². The van der Waals surface area contributed by atoms with Crippen molar-refractivity contribution in [1.82, 2.24) is 9.88 Å². The Morgan fingerprint density at radius 1 is 0.963 bits per heavy atom. The van der Waals surface area contributed by atoms with Crippen LogP contribution < -0.4 is 4.90 Å². The minimum absolute atomic E-state index is 0.0749. The second-order valence-electron chi connectivity index (χ2n) is 5.94. The number of alkyl halides is 3. The Morgan fingerprint density at radius 3 is 2.19 bits per heavy atom. The number of carbonyl (C=O) groups is 1. The summed E-state index contributed by atoms with van der Waals surface area (Å²) in [5.74, 6) is 0.0750. The molecule has 1 aliphatic heterocycles. The van der Waals surface area contributed by atoms with E-state index in [0.29, 0.717) is 41.8 Å². The van der Waals surface area contributed by atoms with E-state index in [9.17, 15) is 18.0 Å². The molecule has 10 heteroatoms. The predicted octanol–water partition coefficient (Wildman–Crippen LogP) is 5.02. The molecule has 1 amide bonds. The van der Waals surface area contributed by atoms with Gasteiger partial charge in [-0.15, -0.1) is 0 Å². The van der Waals surface area contributed by atoms with Crippen LogP contribution in [0, 0.1) is 0 Å². The Balaban J connectivity index is 1.68. The largest absolute Gasteiger partial charge is 0.417 e. The van der Waals surface area contributed by atoms with E-state index in [1.807, 2.05) is 0 Å². The molecule has 2 heterocycles. The van der Waals surface area contributed by atoms with E-state index < -0.39 is 11.7 Å². The molecule has 0 saturated carbocycles. The number of pyridine rings is 1. The first-order valence-corrected chi connectivity index (χ1v) is 9.02. The van der Waals surface area contributed by atoms with Crippen LogP contribution in [0.3, 0.4) is 0 Å². The maximum absolute atomic E-state index is 12.7. The van der Waals surface area contributed by atoms with Crippen LogP contribution in [0.15, 0.2) is 30.5 Å². The molecule has 0 unspecified atom stereocenters. The molecule has 1 aliphatic rings. The van der Waals surface area contributed by atoms with Gasteiger partial charge < -0.3 is 9.80 Å². The molecule has 1 fully saturated rings. The van der Waals surface area contributed by atoms with Crippen LogP contribution in [-0.4, -0.2) is 42.0 Å². The van der Waals surface area contributed by atoms with Gasteiger partial charge in [0.25, 0.3) is 5.91 Å². The van der Waals surface area contributed by atoms with Crippen LogP contribution in [0.25, 0.3) is 0 Å². The van der Waals surface area contributed by atoms with Gasteiger partial charge in [-0.3, -0.25) is 4.79 Å². The summed E-state index contributed by atoms with van der Waals surface area (Å²) >= 11 is 17.8. The number of piperazine rings is 1. The Labute approximate surface area is 168 Å². The first-order chi connectivity index (χ1) is 12.7. The topological polar surface area (TPSA) is 36.4 Å². The van der Waals surface area contributed by atoms with Crippen LogP contribution in [0.2, 0.25) is 15.1 Å². The third-order valence-electron chi connectivity index (χ3n) is 4.18. The van der Waals surface area contributed by atoms with E-state index in [0.717, 1.165) is 12.3 Å². The van der Waals surface area contributed by atoms with Crippen molar-refractivity contribution in [1.29, 1.82) is 0 Å². The molecule has 27 heavy (non-hydrogen) atoms. The van der Waals surface area contributed by atoms with Gasteiger partial charge in [0.15, 0.2) is 0 Å². The van der Waals surface area contributed by atoms with Gasteiger partial charge in [0.2, 0.25) is 0 Å². The summed E-state index contributed by atoms with van der Waals surface area (Å²) in [6.07, 6.45) is -3.74. The molecule has 1 aromatic heterocycles. The van der Waals surface area contributed by atoms with Crippen LogP contribution >= 0.6 is 34.8 Å². The molecular weight excluding hydrogens is 426 g/mol. The zero-order valence-electron chi connectivity index (χ0n) is 13.7. The molecule has 0 atom stereocenters. The van der Waals surface area contributed by atoms with Crippen molar-refractivity contribution in [2.24, 2.45) is 0 Å². The standard InChI is InChI=1S/C17H13Cl3F3N3O/c18-12-2-1-10(7-13(12)19)16(27)26-5-3-25(4-6-26)15-14(20)8-11(9-24-15)17(21,22)23/h1-2,7-9H,3-6H2. The zero-order valence-corrected chi connectivity index (χ0v) is 16.0. The maximum Gasteiger partial charge on any atom is 0.417 e. The van der Waals surface area contributed by atoms with Crippen molar-refractivity contribution in [3.8, 4) is 0 Å². The summed E-state index contributed by atoms with van der Waals surface area (Å²) in [4.78, 5) is 19.8. The van der Waals surface area contributed by atoms with Crippen molar-refractivity contribution in [2.75, 3.05) is 31.1 Å². The summed E-state index contributed by atoms with van der Waals surface area (Å²) < 4.78 is 38.2. The number of rotatable bonds is 2. The lowest BCUT2D eigenvalue weighted by atomic mass is 10.1. The van der Waals surface area contributed by atoms with Gasteiger partial charge in [0.05, 0.1) is 20.6 Å². The smallest absolute Gasteiger partial charge is 0.352 e. The fraction of sp³-hybridized carbons (Fsp3) is 0.294. The minimum Gasteiger partial charge on any atom is -0.352 e. The van der Waals surface area contributed by atoms with Gasteiger partial charge in [-0.1, -0.05) is 34.8 Å². The lowest BCUT2D eigenvalue weighted by molar-refractivity contribution is -0.137. The number of nitrogens with zero attached hydrogens (tertiary/aromatic N) is 3. The van der Waals surface area contributed by atoms with Gasteiger partial charge >= 0.3 is 6.18 Å². The lowest BCUT2D eigenvalue weighted by Gasteiger charge is -2.36. The molecule has 1 aromatic carbocycles. The fourth-order valence-corrected chi connectivity index (χ4v) is 3.34. The highest BCUT2D eigenvalue weighted by Gasteiger charge is 2.32. The molecule has 0 aliphatic carbocycles. The van der Waals surface area contributed by atoms with E-state index in [2.05, 4.69) is 4.98 Å². The summed E-state index contributed by atoms with van der Waals surface area (Å²) in [5.41, 5.74) is -0.479. The molecular formula is C17H13Cl3F3N3O. The van der Waals surface area contributed by atoms with Gasteiger partial charge in [-0.25, -0.2) is 4.98 Å². The molecule has 4 nitrogen and oxygen atoms in total. The molecule has 0 spiro atoms. The average Bonchev–Trinajstić information content (AvgIpc) is 2.63. The summed E-state index contributed by atoms with van der Waals surface area (Å²) in [7, 11) is 0. The molecule has 3 rings (SSSR count). The number of carbonyl (C=O) groups excluding carboxylic acids is 1. The van der Waals surface area contributed by atoms with Crippen molar-refractivity contribution in [3.63, 3.8) is 0 Å².